The molecule has 11 heteroatoms. The molecule has 0 aliphatic carbocycles. The molecular weight excluding hydrogens is 442 g/mol. The van der Waals surface area contributed by atoms with E-state index in [9.17, 15) is 14.9 Å². The molecule has 0 saturated heterocycles. The summed E-state index contributed by atoms with van der Waals surface area (Å²) >= 11 is 0.793. The van der Waals surface area contributed by atoms with Crippen molar-refractivity contribution in [1.29, 1.82) is 0 Å². The summed E-state index contributed by atoms with van der Waals surface area (Å²) in [4.78, 5) is 37.0. The molecule has 0 aliphatic heterocycles. The maximum atomic E-state index is 12.8. The van der Waals surface area contributed by atoms with Gasteiger partial charge in [-0.3, -0.25) is 19.9 Å². The predicted molar refractivity (Wildman–Crippen MR) is 124 cm³/mol. The molecule has 0 atom stereocenters. The van der Waals surface area contributed by atoms with Crippen LogP contribution in [-0.4, -0.2) is 35.6 Å². The fourth-order valence-corrected chi connectivity index (χ4v) is 3.92. The number of pyridine rings is 1. The van der Waals surface area contributed by atoms with Gasteiger partial charge in [0.1, 0.15) is 5.82 Å². The average Bonchev–Trinajstić information content (AvgIpc) is 3.48. The van der Waals surface area contributed by atoms with Gasteiger partial charge in [0.05, 0.1) is 27.1 Å². The Bertz CT molecular complexity index is 1490. The maximum Gasteiger partial charge on any atom is 0.324 e. The molecular formula is C22H15N7O3S. The van der Waals surface area contributed by atoms with Crippen molar-refractivity contribution in [2.45, 2.75) is 6.92 Å². The molecule has 0 fully saturated rings. The smallest absolute Gasteiger partial charge is 0.305 e. The van der Waals surface area contributed by atoms with E-state index in [1.165, 1.54) is 12.1 Å². The fraction of sp³-hybridized carbons (Fsp3) is 0.0455. The van der Waals surface area contributed by atoms with Crippen LogP contribution < -0.4 is 5.32 Å². The van der Waals surface area contributed by atoms with E-state index in [0.717, 1.165) is 22.7 Å². The summed E-state index contributed by atoms with van der Waals surface area (Å²) in [6.07, 6.45) is 3.24. The molecule has 162 valence electrons. The van der Waals surface area contributed by atoms with Crippen molar-refractivity contribution >= 4 is 39.1 Å². The number of thiophene rings is 1. The van der Waals surface area contributed by atoms with Crippen LogP contribution in [0.5, 0.6) is 0 Å². The van der Waals surface area contributed by atoms with Crippen LogP contribution in [-0.2, 0) is 0 Å². The number of para-hydroxylation sites is 1. The quantitative estimate of drug-likeness (QED) is 0.306. The molecule has 1 N–H and O–H groups in total. The minimum atomic E-state index is -0.531. The third kappa shape index (κ3) is 3.92. The zero-order valence-electron chi connectivity index (χ0n) is 17.2. The Morgan fingerprint density at radius 2 is 1.88 bits per heavy atom. The van der Waals surface area contributed by atoms with Crippen LogP contribution in [0, 0.1) is 17.0 Å². The number of nitro groups is 1. The Morgan fingerprint density at radius 3 is 2.58 bits per heavy atom. The first-order valence-electron chi connectivity index (χ1n) is 9.79. The molecule has 0 radical (unpaired) electrons. The third-order valence-corrected chi connectivity index (χ3v) is 5.86. The zero-order chi connectivity index (χ0) is 22.9. The first-order chi connectivity index (χ1) is 16.0. The summed E-state index contributed by atoms with van der Waals surface area (Å²) in [5.74, 6) is 0.104. The van der Waals surface area contributed by atoms with E-state index in [2.05, 4.69) is 20.4 Å². The Hall–Kier alpha value is -4.51. The highest BCUT2D eigenvalue weighted by Crippen LogP contribution is 2.29. The van der Waals surface area contributed by atoms with Gasteiger partial charge in [-0.25, -0.2) is 14.6 Å². The number of anilines is 1. The molecule has 1 amide bonds. The van der Waals surface area contributed by atoms with Crippen molar-refractivity contribution in [1.82, 2.24) is 24.7 Å². The molecule has 33 heavy (non-hydrogen) atoms. The van der Waals surface area contributed by atoms with Gasteiger partial charge in [0, 0.05) is 23.5 Å². The van der Waals surface area contributed by atoms with Crippen molar-refractivity contribution in [3.05, 3.63) is 87.7 Å². The largest absolute Gasteiger partial charge is 0.324 e. The summed E-state index contributed by atoms with van der Waals surface area (Å²) < 4.78 is 1.66. The topological polar surface area (TPSA) is 129 Å². The highest BCUT2D eigenvalue weighted by molar-refractivity contribution is 7.17. The second-order valence-electron chi connectivity index (χ2n) is 7.06. The van der Waals surface area contributed by atoms with Gasteiger partial charge in [0.2, 0.25) is 0 Å². The number of carbonyl (C=O) groups is 1. The number of rotatable bonds is 5. The van der Waals surface area contributed by atoms with E-state index in [-0.39, 0.29) is 15.7 Å². The Balaban J connectivity index is 1.63. The van der Waals surface area contributed by atoms with Crippen LogP contribution in [0.3, 0.4) is 0 Å². The minimum Gasteiger partial charge on any atom is -0.305 e. The lowest BCUT2D eigenvalue weighted by molar-refractivity contribution is -0.380. The van der Waals surface area contributed by atoms with Crippen molar-refractivity contribution in [3.8, 4) is 17.1 Å². The number of benzene rings is 1. The first-order valence-corrected chi connectivity index (χ1v) is 10.6. The number of carbonyl (C=O) groups excluding carboxylic acids is 1. The molecule has 5 rings (SSSR count). The summed E-state index contributed by atoms with van der Waals surface area (Å²) in [5.41, 5.74) is 2.82. The number of aromatic nitrogens is 5. The first kappa shape index (κ1) is 20.4. The van der Waals surface area contributed by atoms with Crippen molar-refractivity contribution in [2.24, 2.45) is 0 Å². The van der Waals surface area contributed by atoms with Crippen molar-refractivity contribution < 1.29 is 9.72 Å². The van der Waals surface area contributed by atoms with Gasteiger partial charge >= 0.3 is 5.00 Å². The maximum absolute atomic E-state index is 12.8. The molecule has 0 saturated carbocycles. The van der Waals surface area contributed by atoms with Crippen molar-refractivity contribution in [3.63, 3.8) is 0 Å². The Morgan fingerprint density at radius 1 is 1.06 bits per heavy atom. The molecule has 0 spiro atoms. The molecule has 1 aromatic carbocycles. The molecule has 0 aliphatic rings. The standard InChI is InChI=1S/C22H15N7O3S/c1-13-7-8-14(11-23-13)19-25-20(27-22(30)17-9-10-18(33-17)29(31)32)16-12-24-28(21(16)26-19)15-5-3-2-4-6-15/h2-12H,1H3,(H,25,26,27,30). The second kappa shape index (κ2) is 8.20. The van der Waals surface area contributed by atoms with Crippen LogP contribution in [0.25, 0.3) is 28.1 Å². The van der Waals surface area contributed by atoms with E-state index in [1.807, 2.05) is 49.4 Å². The molecule has 5 aromatic rings. The van der Waals surface area contributed by atoms with Gasteiger partial charge < -0.3 is 5.32 Å². The van der Waals surface area contributed by atoms with Crippen LogP contribution in [0.4, 0.5) is 10.8 Å². The summed E-state index contributed by atoms with van der Waals surface area (Å²) in [7, 11) is 0. The average molecular weight is 457 g/mol. The number of fused-ring (bicyclic) bond motifs is 1. The van der Waals surface area contributed by atoms with E-state index in [4.69, 9.17) is 4.98 Å². The summed E-state index contributed by atoms with van der Waals surface area (Å²) in [6.45, 7) is 1.88. The number of nitrogens with one attached hydrogen (secondary N) is 1. The number of aryl methyl sites for hydroxylation is 1. The highest BCUT2D eigenvalue weighted by atomic mass is 32.1. The van der Waals surface area contributed by atoms with Gasteiger partial charge in [-0.1, -0.05) is 29.5 Å². The Kier molecular flexibility index (Phi) is 5.07. The lowest BCUT2D eigenvalue weighted by atomic mass is 10.2. The SMILES string of the molecule is Cc1ccc(-c2nc(NC(=O)c3ccc([N+](=O)[O-])s3)c3cnn(-c4ccccc4)c3n2)cn1. The number of hydrogen-bond donors (Lipinski definition) is 1. The number of amides is 1. The summed E-state index contributed by atoms with van der Waals surface area (Å²) in [5, 5.41) is 18.6. The molecule has 4 aromatic heterocycles. The van der Waals surface area contributed by atoms with Gasteiger partial charge in [-0.2, -0.15) is 5.10 Å². The molecule has 4 heterocycles. The van der Waals surface area contributed by atoms with Gasteiger partial charge in [-0.05, 0) is 37.3 Å². The predicted octanol–water partition coefficient (Wildman–Crippen LogP) is 4.41. The van der Waals surface area contributed by atoms with Gasteiger partial charge in [-0.15, -0.1) is 0 Å². The monoisotopic (exact) mass is 457 g/mol. The van der Waals surface area contributed by atoms with Gasteiger partial charge in [0.15, 0.2) is 11.5 Å². The number of hydrogen-bond acceptors (Lipinski definition) is 8. The third-order valence-electron chi connectivity index (χ3n) is 4.83. The van der Waals surface area contributed by atoms with Crippen LogP contribution in [0.2, 0.25) is 0 Å². The van der Waals surface area contributed by atoms with Gasteiger partial charge in [0.25, 0.3) is 5.91 Å². The highest BCUT2D eigenvalue weighted by Gasteiger charge is 2.20. The van der Waals surface area contributed by atoms with Crippen LogP contribution in [0.15, 0.2) is 67.0 Å². The molecule has 0 unspecified atom stereocenters. The molecule has 0 bridgehead atoms. The van der Waals surface area contributed by atoms with E-state index >= 15 is 0 Å². The van der Waals surface area contributed by atoms with Crippen molar-refractivity contribution in [2.75, 3.05) is 5.32 Å². The van der Waals surface area contributed by atoms with Crippen LogP contribution >= 0.6 is 11.3 Å². The second-order valence-corrected chi connectivity index (χ2v) is 8.12. The van der Waals surface area contributed by atoms with Crippen LogP contribution in [0.1, 0.15) is 15.4 Å². The molecule has 10 nitrogen and oxygen atoms in total. The fourth-order valence-electron chi connectivity index (χ4n) is 3.21. The summed E-state index contributed by atoms with van der Waals surface area (Å²) in [6, 6.07) is 15.9. The zero-order valence-corrected chi connectivity index (χ0v) is 18.0. The Labute approximate surface area is 190 Å². The lowest BCUT2D eigenvalue weighted by Crippen LogP contribution is -2.12. The lowest BCUT2D eigenvalue weighted by Gasteiger charge is -2.09. The number of nitrogens with zero attached hydrogens (tertiary/aromatic N) is 6. The minimum absolute atomic E-state index is 0.115. The van der Waals surface area contributed by atoms with E-state index in [0.29, 0.717) is 22.4 Å². The van der Waals surface area contributed by atoms with E-state index < -0.39 is 10.8 Å². The normalized spacial score (nSPS) is 10.9. The van der Waals surface area contributed by atoms with E-state index in [1.54, 1.807) is 17.1 Å².